The van der Waals surface area contributed by atoms with Crippen molar-refractivity contribution in [1.29, 1.82) is 0 Å². The van der Waals surface area contributed by atoms with E-state index in [0.717, 1.165) is 48.2 Å². The summed E-state index contributed by atoms with van der Waals surface area (Å²) in [7, 11) is 0. The van der Waals surface area contributed by atoms with Gasteiger partial charge in [-0.1, -0.05) is 142 Å². The van der Waals surface area contributed by atoms with Crippen molar-refractivity contribution in [2.45, 2.75) is 196 Å². The smallest absolute Gasteiger partial charge is 0.224 e. The maximum Gasteiger partial charge on any atom is 0.224 e. The number of hydrogen-bond donors (Lipinski definition) is 2. The Morgan fingerprint density at radius 2 is 0.619 bits per heavy atom. The van der Waals surface area contributed by atoms with Crippen LogP contribution in [0.2, 0.25) is 0 Å². The highest BCUT2D eigenvalue weighted by atomic mass is 16.2. The summed E-state index contributed by atoms with van der Waals surface area (Å²) in [6, 6.07) is 0. The van der Waals surface area contributed by atoms with Gasteiger partial charge in [0.1, 0.15) is 0 Å². The standard InChI is InChI=1S/C38H68N2O2/c1-7-9-11-13-15-17-19-21-23-25-27-29-35(41)39-37-33(5)31(3)32(4)34(6)38(37)40-36(42)30-28-26-24-22-20-18-16-14-12-10-8-2/h7-30H2,1-6H3,(H,39,41)(H,40,42). The highest BCUT2D eigenvalue weighted by Gasteiger charge is 2.19. The molecular weight excluding hydrogens is 516 g/mol. The van der Waals surface area contributed by atoms with Crippen LogP contribution in [-0.4, -0.2) is 11.8 Å². The Bertz CT molecular complexity index is 806. The Hall–Kier alpha value is -1.84. The first-order valence-corrected chi connectivity index (χ1v) is 18.0. The SMILES string of the molecule is CCCCCCCCCCCCCC(=O)Nc1c(C)c(C)c(C)c(C)c1NC(=O)CCCCCCCCCCCCC. The summed E-state index contributed by atoms with van der Waals surface area (Å²) in [6.07, 6.45) is 29.1. The van der Waals surface area contributed by atoms with Gasteiger partial charge in [-0.25, -0.2) is 0 Å². The van der Waals surface area contributed by atoms with Crippen molar-refractivity contribution in [2.75, 3.05) is 10.6 Å². The zero-order valence-corrected chi connectivity index (χ0v) is 28.8. The minimum Gasteiger partial charge on any atom is -0.324 e. The highest BCUT2D eigenvalue weighted by Crippen LogP contribution is 2.35. The van der Waals surface area contributed by atoms with E-state index < -0.39 is 0 Å². The van der Waals surface area contributed by atoms with E-state index in [4.69, 9.17) is 0 Å². The molecule has 0 aliphatic carbocycles. The average molecular weight is 585 g/mol. The molecule has 1 aromatic carbocycles. The van der Waals surface area contributed by atoms with Gasteiger partial charge in [-0.2, -0.15) is 0 Å². The van der Waals surface area contributed by atoms with Gasteiger partial charge in [-0.15, -0.1) is 0 Å². The topological polar surface area (TPSA) is 58.2 Å². The van der Waals surface area contributed by atoms with Crippen LogP contribution in [-0.2, 0) is 9.59 Å². The summed E-state index contributed by atoms with van der Waals surface area (Å²) in [4.78, 5) is 25.9. The summed E-state index contributed by atoms with van der Waals surface area (Å²) in [5.41, 5.74) is 6.04. The van der Waals surface area contributed by atoms with Gasteiger partial charge in [0.25, 0.3) is 0 Å². The van der Waals surface area contributed by atoms with Gasteiger partial charge in [0, 0.05) is 12.8 Å². The molecule has 0 aromatic heterocycles. The second kappa shape index (κ2) is 24.6. The fourth-order valence-corrected chi connectivity index (χ4v) is 5.93. The molecule has 0 saturated carbocycles. The molecule has 0 bridgehead atoms. The molecule has 0 heterocycles. The molecule has 0 saturated heterocycles. The second-order valence-electron chi connectivity index (χ2n) is 12.9. The zero-order chi connectivity index (χ0) is 31.0. The van der Waals surface area contributed by atoms with Gasteiger partial charge in [0.05, 0.1) is 11.4 Å². The highest BCUT2D eigenvalue weighted by molar-refractivity contribution is 6.02. The number of unbranched alkanes of at least 4 members (excludes halogenated alkanes) is 20. The lowest BCUT2D eigenvalue weighted by Gasteiger charge is -2.22. The maximum atomic E-state index is 12.9. The van der Waals surface area contributed by atoms with Crippen molar-refractivity contribution in [3.8, 4) is 0 Å². The summed E-state index contributed by atoms with van der Waals surface area (Å²) < 4.78 is 0. The van der Waals surface area contributed by atoms with E-state index in [-0.39, 0.29) is 11.8 Å². The lowest BCUT2D eigenvalue weighted by atomic mass is 9.95. The van der Waals surface area contributed by atoms with Crippen LogP contribution in [0.5, 0.6) is 0 Å². The molecule has 0 aliphatic rings. The first kappa shape index (κ1) is 38.2. The van der Waals surface area contributed by atoms with Gasteiger partial charge in [0.2, 0.25) is 11.8 Å². The normalized spacial score (nSPS) is 11.2. The van der Waals surface area contributed by atoms with Crippen LogP contribution >= 0.6 is 0 Å². The molecule has 0 aliphatic heterocycles. The molecule has 4 nitrogen and oxygen atoms in total. The lowest BCUT2D eigenvalue weighted by Crippen LogP contribution is -2.19. The number of anilines is 2. The molecule has 0 spiro atoms. The third kappa shape index (κ3) is 16.7. The Morgan fingerprint density at radius 1 is 0.381 bits per heavy atom. The second-order valence-corrected chi connectivity index (χ2v) is 12.9. The van der Waals surface area contributed by atoms with Crippen LogP contribution in [0.1, 0.15) is 190 Å². The summed E-state index contributed by atoms with van der Waals surface area (Å²) >= 11 is 0. The molecule has 0 fully saturated rings. The maximum absolute atomic E-state index is 12.9. The van der Waals surface area contributed by atoms with Crippen molar-refractivity contribution in [3.63, 3.8) is 0 Å². The third-order valence-corrected chi connectivity index (χ3v) is 9.23. The molecule has 42 heavy (non-hydrogen) atoms. The fraction of sp³-hybridized carbons (Fsp3) is 0.789. The predicted molar refractivity (Wildman–Crippen MR) is 185 cm³/mol. The molecule has 2 amide bonds. The number of hydrogen-bond acceptors (Lipinski definition) is 2. The van der Waals surface area contributed by atoms with Crippen molar-refractivity contribution in [1.82, 2.24) is 0 Å². The number of rotatable bonds is 26. The molecular formula is C38H68N2O2. The van der Waals surface area contributed by atoms with Crippen molar-refractivity contribution in [3.05, 3.63) is 22.3 Å². The van der Waals surface area contributed by atoms with E-state index in [9.17, 15) is 9.59 Å². The monoisotopic (exact) mass is 585 g/mol. The minimum absolute atomic E-state index is 0.0533. The van der Waals surface area contributed by atoms with Crippen LogP contribution in [0.3, 0.4) is 0 Å². The summed E-state index contributed by atoms with van der Waals surface area (Å²) in [6.45, 7) is 12.9. The van der Waals surface area contributed by atoms with Crippen LogP contribution in [0.4, 0.5) is 11.4 Å². The summed E-state index contributed by atoms with van der Waals surface area (Å²) in [5.74, 6) is 0.107. The fourth-order valence-electron chi connectivity index (χ4n) is 5.93. The Labute approximate surface area is 261 Å². The third-order valence-electron chi connectivity index (χ3n) is 9.23. The summed E-state index contributed by atoms with van der Waals surface area (Å²) in [5, 5.41) is 6.37. The zero-order valence-electron chi connectivity index (χ0n) is 28.8. The van der Waals surface area contributed by atoms with Gasteiger partial charge < -0.3 is 10.6 Å². The first-order chi connectivity index (χ1) is 20.3. The molecule has 1 aromatic rings. The Kier molecular flexibility index (Phi) is 22.4. The number of carbonyl (C=O) groups is 2. The van der Waals surface area contributed by atoms with E-state index in [1.54, 1.807) is 0 Å². The largest absolute Gasteiger partial charge is 0.324 e. The van der Waals surface area contributed by atoms with Crippen LogP contribution in [0, 0.1) is 27.7 Å². The van der Waals surface area contributed by atoms with E-state index in [1.807, 2.05) is 0 Å². The molecule has 1 rings (SSSR count). The average Bonchev–Trinajstić information content (AvgIpc) is 2.98. The van der Waals surface area contributed by atoms with Gasteiger partial charge >= 0.3 is 0 Å². The van der Waals surface area contributed by atoms with Crippen LogP contribution < -0.4 is 10.6 Å². The van der Waals surface area contributed by atoms with Crippen molar-refractivity contribution in [2.24, 2.45) is 0 Å². The molecule has 0 unspecified atom stereocenters. The minimum atomic E-state index is 0.0533. The number of benzene rings is 1. The van der Waals surface area contributed by atoms with Crippen molar-refractivity contribution < 1.29 is 9.59 Å². The van der Waals surface area contributed by atoms with Gasteiger partial charge in [-0.3, -0.25) is 9.59 Å². The van der Waals surface area contributed by atoms with Gasteiger partial charge in [-0.05, 0) is 62.8 Å². The Balaban J connectivity index is 2.43. The number of nitrogens with one attached hydrogen (secondary N) is 2. The predicted octanol–water partition coefficient (Wildman–Crippen LogP) is 12.2. The Morgan fingerprint density at radius 3 is 0.881 bits per heavy atom. The molecule has 0 atom stereocenters. The van der Waals surface area contributed by atoms with Gasteiger partial charge in [0.15, 0.2) is 0 Å². The van der Waals surface area contributed by atoms with E-state index in [0.29, 0.717) is 12.8 Å². The lowest BCUT2D eigenvalue weighted by molar-refractivity contribution is -0.117. The van der Waals surface area contributed by atoms with Crippen LogP contribution in [0.15, 0.2) is 0 Å². The van der Waals surface area contributed by atoms with Crippen LogP contribution in [0.25, 0.3) is 0 Å². The van der Waals surface area contributed by atoms with E-state index in [2.05, 4.69) is 52.2 Å². The first-order valence-electron chi connectivity index (χ1n) is 18.0. The number of amides is 2. The quantitative estimate of drug-likeness (QED) is 0.106. The number of carbonyl (C=O) groups excluding carboxylic acids is 2. The molecule has 4 heteroatoms. The van der Waals surface area contributed by atoms with Crippen molar-refractivity contribution >= 4 is 23.2 Å². The molecule has 242 valence electrons. The molecule has 2 N–H and O–H groups in total. The van der Waals surface area contributed by atoms with E-state index in [1.165, 1.54) is 127 Å². The van der Waals surface area contributed by atoms with E-state index >= 15 is 0 Å². The molecule has 0 radical (unpaired) electrons.